The second kappa shape index (κ2) is 8.05. The average molecular weight is 475 g/mol. The van der Waals surface area contributed by atoms with E-state index in [0.29, 0.717) is 22.8 Å². The van der Waals surface area contributed by atoms with Crippen molar-refractivity contribution in [3.05, 3.63) is 66.6 Å². The number of aromatic amines is 1. The number of anilines is 3. The van der Waals surface area contributed by atoms with Gasteiger partial charge in [-0.3, -0.25) is 14.5 Å². The Labute approximate surface area is 197 Å². The highest BCUT2D eigenvalue weighted by molar-refractivity contribution is 6.12. The van der Waals surface area contributed by atoms with Gasteiger partial charge in [0.25, 0.3) is 6.43 Å². The monoisotopic (exact) mass is 475 g/mol. The predicted molar refractivity (Wildman–Crippen MR) is 126 cm³/mol. The van der Waals surface area contributed by atoms with Crippen molar-refractivity contribution >= 4 is 44.9 Å². The second-order valence-corrected chi connectivity index (χ2v) is 8.22. The Morgan fingerprint density at radius 2 is 1.89 bits per heavy atom. The number of H-pyrrole nitrogens is 1. The Morgan fingerprint density at radius 3 is 2.74 bits per heavy atom. The summed E-state index contributed by atoms with van der Waals surface area (Å²) >= 11 is 0. The summed E-state index contributed by atoms with van der Waals surface area (Å²) in [6, 6.07) is 14.2. The Balaban J connectivity index is 1.46. The first-order valence-corrected chi connectivity index (χ1v) is 10.9. The summed E-state index contributed by atoms with van der Waals surface area (Å²) in [7, 11) is 1.84. The predicted octanol–water partition coefficient (Wildman–Crippen LogP) is 4.77. The van der Waals surface area contributed by atoms with Gasteiger partial charge in [-0.1, -0.05) is 0 Å². The van der Waals surface area contributed by atoms with Crippen LogP contribution in [0.1, 0.15) is 5.69 Å². The van der Waals surface area contributed by atoms with Crippen LogP contribution in [0.5, 0.6) is 5.88 Å². The summed E-state index contributed by atoms with van der Waals surface area (Å²) < 4.78 is 32.2. The molecule has 0 unspecified atom stereocenters. The minimum atomic E-state index is -2.65. The van der Waals surface area contributed by atoms with E-state index in [2.05, 4.69) is 20.3 Å². The molecule has 0 saturated carbocycles. The highest BCUT2D eigenvalue weighted by Gasteiger charge is 2.34. The van der Waals surface area contributed by atoms with Crippen molar-refractivity contribution in [3.8, 4) is 5.88 Å². The number of hydrogen-bond donors (Lipinski definition) is 1. The molecule has 5 aromatic rings. The lowest BCUT2D eigenvalue weighted by Gasteiger charge is -2.36. The van der Waals surface area contributed by atoms with Gasteiger partial charge in [-0.2, -0.15) is 5.10 Å². The third kappa shape index (κ3) is 3.70. The molecule has 0 bridgehead atoms. The fourth-order valence-electron chi connectivity index (χ4n) is 4.29. The third-order valence-corrected chi connectivity index (χ3v) is 5.86. The first-order valence-electron chi connectivity index (χ1n) is 10.9. The second-order valence-electron chi connectivity index (χ2n) is 8.22. The van der Waals surface area contributed by atoms with E-state index in [1.54, 1.807) is 9.58 Å². The number of halogens is 2. The standard InChI is InChI=1S/C24H19F2N7O2/c1-31-11-15-9-16(2-5-19(15)30-31)32-12-20-21(10-23(29-28-20)35-13-22(25)26)33(24(32)34)17-3-4-18-14(8-17)6-7-27-18/h2-11,22,27H,12-13H2,1H3. The van der Waals surface area contributed by atoms with Gasteiger partial charge in [0.15, 0.2) is 6.61 Å². The molecule has 11 heteroatoms. The Hall–Kier alpha value is -4.54. The molecule has 0 atom stereocenters. The van der Waals surface area contributed by atoms with Gasteiger partial charge < -0.3 is 9.72 Å². The number of nitrogens with zero attached hydrogens (tertiary/aromatic N) is 6. The van der Waals surface area contributed by atoms with E-state index < -0.39 is 13.0 Å². The van der Waals surface area contributed by atoms with Crippen molar-refractivity contribution in [2.45, 2.75) is 13.0 Å². The zero-order valence-electron chi connectivity index (χ0n) is 18.5. The van der Waals surface area contributed by atoms with E-state index in [1.807, 2.05) is 61.9 Å². The molecule has 3 aromatic heterocycles. The van der Waals surface area contributed by atoms with Crippen LogP contribution in [0.15, 0.2) is 60.9 Å². The van der Waals surface area contributed by atoms with Gasteiger partial charge in [-0.05, 0) is 42.5 Å². The zero-order valence-corrected chi connectivity index (χ0v) is 18.5. The van der Waals surface area contributed by atoms with Crippen molar-refractivity contribution in [2.75, 3.05) is 16.4 Å². The zero-order chi connectivity index (χ0) is 24.1. The highest BCUT2D eigenvalue weighted by Crippen LogP contribution is 2.38. The lowest BCUT2D eigenvalue weighted by atomic mass is 10.1. The number of benzene rings is 2. The van der Waals surface area contributed by atoms with Gasteiger partial charge >= 0.3 is 6.03 Å². The van der Waals surface area contributed by atoms with Crippen molar-refractivity contribution < 1.29 is 18.3 Å². The Kier molecular flexibility index (Phi) is 4.83. The molecule has 1 aliphatic heterocycles. The van der Waals surface area contributed by atoms with Crippen molar-refractivity contribution in [1.29, 1.82) is 0 Å². The van der Waals surface area contributed by atoms with Gasteiger partial charge in [-0.25, -0.2) is 13.6 Å². The van der Waals surface area contributed by atoms with E-state index in [9.17, 15) is 13.6 Å². The van der Waals surface area contributed by atoms with Crippen LogP contribution >= 0.6 is 0 Å². The molecule has 0 fully saturated rings. The summed E-state index contributed by atoms with van der Waals surface area (Å²) in [5.41, 5.74) is 3.96. The van der Waals surface area contributed by atoms with Gasteiger partial charge in [0.05, 0.1) is 23.4 Å². The number of amides is 2. The van der Waals surface area contributed by atoms with E-state index in [4.69, 9.17) is 4.74 Å². The summed E-state index contributed by atoms with van der Waals surface area (Å²) in [6.07, 6.45) is 1.04. The maximum atomic E-state index is 13.9. The molecule has 1 N–H and O–H groups in total. The normalized spacial score (nSPS) is 13.8. The molecule has 0 saturated heterocycles. The molecule has 4 heterocycles. The van der Waals surface area contributed by atoms with E-state index in [-0.39, 0.29) is 18.5 Å². The minimum Gasteiger partial charge on any atom is -0.470 e. The smallest absolute Gasteiger partial charge is 0.334 e. The summed E-state index contributed by atoms with van der Waals surface area (Å²) in [6.45, 7) is -0.654. The van der Waals surface area contributed by atoms with Crippen LogP contribution in [0.2, 0.25) is 0 Å². The van der Waals surface area contributed by atoms with Gasteiger partial charge in [0.1, 0.15) is 5.69 Å². The topological polar surface area (TPSA) is 92.2 Å². The van der Waals surface area contributed by atoms with E-state index in [1.165, 1.54) is 11.0 Å². The average Bonchev–Trinajstić information content (AvgIpc) is 3.46. The van der Waals surface area contributed by atoms with Crippen LogP contribution in [0.4, 0.5) is 30.6 Å². The van der Waals surface area contributed by atoms with Crippen LogP contribution in [0, 0.1) is 0 Å². The maximum absolute atomic E-state index is 13.9. The maximum Gasteiger partial charge on any atom is 0.334 e. The van der Waals surface area contributed by atoms with Crippen LogP contribution < -0.4 is 14.5 Å². The first kappa shape index (κ1) is 21.0. The van der Waals surface area contributed by atoms with Crippen LogP contribution in [-0.2, 0) is 13.6 Å². The third-order valence-electron chi connectivity index (χ3n) is 5.86. The van der Waals surface area contributed by atoms with Crippen LogP contribution in [0.25, 0.3) is 21.8 Å². The molecule has 2 aromatic carbocycles. The summed E-state index contributed by atoms with van der Waals surface area (Å²) in [4.78, 5) is 20.1. The fourth-order valence-corrected chi connectivity index (χ4v) is 4.29. The first-order chi connectivity index (χ1) is 17.0. The summed E-state index contributed by atoms with van der Waals surface area (Å²) in [5.74, 6) is -0.0743. The van der Waals surface area contributed by atoms with Crippen molar-refractivity contribution in [1.82, 2.24) is 25.0 Å². The summed E-state index contributed by atoms with van der Waals surface area (Å²) in [5, 5.41) is 14.4. The Morgan fingerprint density at radius 1 is 1.06 bits per heavy atom. The number of carbonyl (C=O) groups is 1. The fraction of sp³-hybridized carbons (Fsp3) is 0.167. The molecule has 0 aliphatic carbocycles. The number of fused-ring (bicyclic) bond motifs is 3. The molecule has 6 rings (SSSR count). The molecule has 0 radical (unpaired) electrons. The number of aryl methyl sites for hydroxylation is 1. The molecule has 9 nitrogen and oxygen atoms in total. The number of aromatic nitrogens is 5. The van der Waals surface area contributed by atoms with Gasteiger partial charge in [0.2, 0.25) is 5.88 Å². The number of rotatable bonds is 5. The minimum absolute atomic E-state index is 0.0743. The van der Waals surface area contributed by atoms with E-state index >= 15 is 0 Å². The van der Waals surface area contributed by atoms with Gasteiger partial charge in [0, 0.05) is 47.5 Å². The van der Waals surface area contributed by atoms with Gasteiger partial charge in [-0.15, -0.1) is 10.2 Å². The number of hydrogen-bond acceptors (Lipinski definition) is 5. The van der Waals surface area contributed by atoms with Crippen LogP contribution in [-0.4, -0.2) is 44.0 Å². The van der Waals surface area contributed by atoms with E-state index in [0.717, 1.165) is 21.8 Å². The quantitative estimate of drug-likeness (QED) is 0.396. The number of carbonyl (C=O) groups excluding carboxylic acids is 1. The lowest BCUT2D eigenvalue weighted by molar-refractivity contribution is 0.0790. The number of nitrogens with one attached hydrogen (secondary N) is 1. The molecule has 176 valence electrons. The van der Waals surface area contributed by atoms with Crippen molar-refractivity contribution in [2.24, 2.45) is 7.05 Å². The molecular weight excluding hydrogens is 456 g/mol. The molecular formula is C24H19F2N7O2. The highest BCUT2D eigenvalue weighted by atomic mass is 19.3. The molecule has 0 spiro atoms. The lowest BCUT2D eigenvalue weighted by Crippen LogP contribution is -2.45. The molecule has 35 heavy (non-hydrogen) atoms. The SMILES string of the molecule is Cn1cc2cc(N3Cc4nnc(OCC(F)F)cc4N(c4ccc5[nH]ccc5c4)C3=O)ccc2n1. The molecule has 1 aliphatic rings. The number of urea groups is 1. The number of alkyl halides is 2. The Bertz CT molecular complexity index is 1580. The largest absolute Gasteiger partial charge is 0.470 e. The number of ether oxygens (including phenoxy) is 1. The van der Waals surface area contributed by atoms with Crippen LogP contribution in [0.3, 0.4) is 0 Å². The molecule has 2 amide bonds. The van der Waals surface area contributed by atoms with Crippen molar-refractivity contribution in [3.63, 3.8) is 0 Å².